The van der Waals surface area contributed by atoms with Crippen molar-refractivity contribution in [3.8, 4) is 5.75 Å². The number of hydrogen-bond acceptors (Lipinski definition) is 8. The van der Waals surface area contributed by atoms with E-state index in [1.165, 1.54) is 0 Å². The number of methoxy groups -OCH3 is 1. The van der Waals surface area contributed by atoms with E-state index in [0.29, 0.717) is 36.7 Å². The van der Waals surface area contributed by atoms with Gasteiger partial charge >= 0.3 is 5.97 Å². The number of aryl methyl sites for hydroxylation is 1. The molecule has 11 heteroatoms. The number of hydrogen-bond donors (Lipinski definition) is 5. The van der Waals surface area contributed by atoms with E-state index >= 15 is 0 Å². The van der Waals surface area contributed by atoms with Gasteiger partial charge in [0.15, 0.2) is 5.96 Å². The van der Waals surface area contributed by atoms with Crippen LogP contribution in [0.25, 0.3) is 0 Å². The molecule has 1 aliphatic rings. The molecule has 2 aromatic carbocycles. The van der Waals surface area contributed by atoms with Gasteiger partial charge < -0.3 is 20.5 Å². The third-order valence-electron chi connectivity index (χ3n) is 5.16. The number of carboxylic acids is 1. The molecule has 10 nitrogen and oxygen atoms in total. The summed E-state index contributed by atoms with van der Waals surface area (Å²) in [6, 6.07) is 13.1. The number of carbonyl (C=O) groups is 3. The lowest BCUT2D eigenvalue weighted by Crippen LogP contribution is -2.43. The molecule has 0 spiro atoms. The highest BCUT2D eigenvalue weighted by Crippen LogP contribution is 2.19. The lowest BCUT2D eigenvalue weighted by atomic mass is 10.1. The minimum Gasteiger partial charge on any atom is -0.497 e. The molecule has 1 atom stereocenters. The number of ether oxygens (including phenoxy) is 1. The molecule has 1 aliphatic heterocycles. The average molecular weight is 500 g/mol. The molecule has 0 aromatic heterocycles. The Labute approximate surface area is 208 Å². The van der Waals surface area contributed by atoms with E-state index in [4.69, 9.17) is 4.74 Å². The smallest absolute Gasteiger partial charge is 0.323 e. The maximum atomic E-state index is 12.5. The molecule has 2 amide bonds. The molecule has 2 aromatic rings. The molecular formula is C24H29N5O5S. The minimum absolute atomic E-state index is 0.0861. The second kappa shape index (κ2) is 13.4. The van der Waals surface area contributed by atoms with E-state index in [9.17, 15) is 19.5 Å². The Bertz CT molecular complexity index is 1040. The molecule has 35 heavy (non-hydrogen) atoms. The van der Waals surface area contributed by atoms with Gasteiger partial charge in [-0.15, -0.1) is 0 Å². The Morgan fingerprint density at radius 3 is 2.51 bits per heavy atom. The van der Waals surface area contributed by atoms with Crippen LogP contribution in [-0.2, 0) is 16.0 Å². The highest BCUT2D eigenvalue weighted by Gasteiger charge is 2.19. The third-order valence-corrected chi connectivity index (χ3v) is 6.07. The highest BCUT2D eigenvalue weighted by molar-refractivity contribution is 7.97. The maximum Gasteiger partial charge on any atom is 0.323 e. The number of aliphatic carboxylic acids is 1. The summed E-state index contributed by atoms with van der Waals surface area (Å²) in [7, 11) is 1.57. The molecular weight excluding hydrogens is 470 g/mol. The Kier molecular flexibility index (Phi) is 9.93. The summed E-state index contributed by atoms with van der Waals surface area (Å²) in [4.78, 5) is 41.2. The molecule has 5 N–H and O–H groups in total. The molecule has 1 unspecified atom stereocenters. The van der Waals surface area contributed by atoms with Crippen LogP contribution in [-0.4, -0.2) is 61.6 Å². The van der Waals surface area contributed by atoms with E-state index in [-0.39, 0.29) is 18.4 Å². The zero-order valence-electron chi connectivity index (χ0n) is 19.4. The largest absolute Gasteiger partial charge is 0.497 e. The van der Waals surface area contributed by atoms with Crippen LogP contribution in [0.4, 0.5) is 0 Å². The lowest BCUT2D eigenvalue weighted by Gasteiger charge is -2.15. The summed E-state index contributed by atoms with van der Waals surface area (Å²) in [5.74, 6) is -0.352. The first-order valence-corrected chi connectivity index (χ1v) is 12.0. The molecule has 1 heterocycles. The van der Waals surface area contributed by atoms with E-state index in [1.807, 2.05) is 0 Å². The number of guanidine groups is 1. The normalized spacial score (nSPS) is 13.7. The van der Waals surface area contributed by atoms with Crippen molar-refractivity contribution in [1.29, 1.82) is 0 Å². The third kappa shape index (κ3) is 8.62. The van der Waals surface area contributed by atoms with E-state index < -0.39 is 12.0 Å². The predicted octanol–water partition coefficient (Wildman–Crippen LogP) is 1.57. The molecule has 0 fully saturated rings. The summed E-state index contributed by atoms with van der Waals surface area (Å²) in [6.07, 6.45) is 1.77. The Balaban J connectivity index is 1.43. The van der Waals surface area contributed by atoms with Gasteiger partial charge in [-0.25, -0.2) is 4.72 Å². The van der Waals surface area contributed by atoms with Crippen LogP contribution in [0.3, 0.4) is 0 Å². The summed E-state index contributed by atoms with van der Waals surface area (Å²) < 4.78 is 7.96. The molecule has 0 saturated carbocycles. The topological polar surface area (TPSA) is 141 Å². The van der Waals surface area contributed by atoms with Gasteiger partial charge in [0.05, 0.1) is 7.11 Å². The van der Waals surface area contributed by atoms with Gasteiger partial charge in [-0.2, -0.15) is 0 Å². The number of benzene rings is 2. The summed E-state index contributed by atoms with van der Waals surface area (Å²) in [5, 5.41) is 17.9. The van der Waals surface area contributed by atoms with Crippen LogP contribution in [0, 0.1) is 0 Å². The average Bonchev–Trinajstić information content (AvgIpc) is 2.88. The van der Waals surface area contributed by atoms with Gasteiger partial charge in [0.2, 0.25) is 5.91 Å². The van der Waals surface area contributed by atoms with Crippen molar-refractivity contribution in [2.24, 2.45) is 4.99 Å². The monoisotopic (exact) mass is 499 g/mol. The highest BCUT2D eigenvalue weighted by atomic mass is 32.2. The van der Waals surface area contributed by atoms with Crippen LogP contribution in [0.15, 0.2) is 58.4 Å². The fourth-order valence-corrected chi connectivity index (χ4v) is 3.89. The van der Waals surface area contributed by atoms with Gasteiger partial charge in [0.1, 0.15) is 11.8 Å². The number of nitrogens with zero attached hydrogens (tertiary/aromatic N) is 1. The van der Waals surface area contributed by atoms with Crippen LogP contribution in [0.5, 0.6) is 5.75 Å². The van der Waals surface area contributed by atoms with Crippen molar-refractivity contribution in [1.82, 2.24) is 20.7 Å². The SMILES string of the molecule is COc1ccc(SNC(CNC(=O)c2ccc(CCC(=O)NC3=NCCCN3)cc2)C(=O)O)cc1. The van der Waals surface area contributed by atoms with Gasteiger partial charge in [-0.3, -0.25) is 24.7 Å². The Morgan fingerprint density at radius 2 is 1.89 bits per heavy atom. The summed E-state index contributed by atoms with van der Waals surface area (Å²) in [5.41, 5.74) is 1.32. The van der Waals surface area contributed by atoms with E-state index in [0.717, 1.165) is 35.4 Å². The van der Waals surface area contributed by atoms with Gasteiger partial charge in [-0.05, 0) is 66.8 Å². The first-order chi connectivity index (χ1) is 16.9. The number of carbonyl (C=O) groups excluding carboxylic acids is 2. The number of amides is 2. The van der Waals surface area contributed by atoms with Crippen molar-refractivity contribution >= 4 is 35.7 Å². The second-order valence-corrected chi connectivity index (χ2v) is 8.66. The van der Waals surface area contributed by atoms with Crippen molar-refractivity contribution in [3.63, 3.8) is 0 Å². The molecule has 0 saturated heterocycles. The number of carboxylic acid groups (broad SMARTS) is 1. The van der Waals surface area contributed by atoms with Gasteiger partial charge in [-0.1, -0.05) is 12.1 Å². The van der Waals surface area contributed by atoms with Crippen LogP contribution in [0.1, 0.15) is 28.8 Å². The van der Waals surface area contributed by atoms with Crippen molar-refractivity contribution in [2.75, 3.05) is 26.7 Å². The van der Waals surface area contributed by atoms with Crippen LogP contribution in [0.2, 0.25) is 0 Å². The number of aliphatic imine (C=N–C) groups is 1. The number of nitrogens with one attached hydrogen (secondary N) is 4. The maximum absolute atomic E-state index is 12.5. The van der Waals surface area contributed by atoms with E-state index in [1.54, 1.807) is 55.6 Å². The van der Waals surface area contributed by atoms with Gasteiger partial charge in [0, 0.05) is 36.5 Å². The molecule has 0 aliphatic carbocycles. The molecule has 0 bridgehead atoms. The van der Waals surface area contributed by atoms with Crippen molar-refractivity contribution in [2.45, 2.75) is 30.2 Å². The summed E-state index contributed by atoms with van der Waals surface area (Å²) >= 11 is 1.16. The Hall–Kier alpha value is -3.57. The first-order valence-electron chi connectivity index (χ1n) is 11.2. The fourth-order valence-electron chi connectivity index (χ4n) is 3.15. The molecule has 186 valence electrons. The number of rotatable bonds is 11. The van der Waals surface area contributed by atoms with Gasteiger partial charge in [0.25, 0.3) is 5.91 Å². The molecule has 0 radical (unpaired) electrons. The minimum atomic E-state index is -1.07. The second-order valence-electron chi connectivity index (χ2n) is 7.75. The van der Waals surface area contributed by atoms with E-state index in [2.05, 4.69) is 25.7 Å². The van der Waals surface area contributed by atoms with Crippen LogP contribution >= 0.6 is 11.9 Å². The lowest BCUT2D eigenvalue weighted by molar-refractivity contribution is -0.138. The quantitative estimate of drug-likeness (QED) is 0.294. The zero-order valence-corrected chi connectivity index (χ0v) is 20.2. The fraction of sp³-hybridized carbons (Fsp3) is 0.333. The summed E-state index contributed by atoms with van der Waals surface area (Å²) in [6.45, 7) is 1.42. The zero-order chi connectivity index (χ0) is 25.0. The standard InChI is InChI=1S/C24H29N5O5S/c1-34-18-8-10-19(11-9-18)35-29-20(23(32)33)15-27-22(31)17-6-3-16(4-7-17)5-12-21(30)28-24-25-13-2-14-26-24/h3-4,6-11,20,29H,2,5,12-15H2,1H3,(H,27,31)(H,32,33)(H2,25,26,28,30). The predicted molar refractivity (Wildman–Crippen MR) is 134 cm³/mol. The first kappa shape index (κ1) is 26.0. The van der Waals surface area contributed by atoms with Crippen molar-refractivity contribution in [3.05, 3.63) is 59.7 Å². The Morgan fingerprint density at radius 1 is 1.14 bits per heavy atom. The molecule has 3 rings (SSSR count). The van der Waals surface area contributed by atoms with Crippen LogP contribution < -0.4 is 25.4 Å². The van der Waals surface area contributed by atoms with Crippen molar-refractivity contribution < 1.29 is 24.2 Å².